The molecular weight excluding hydrogens is 388 g/mol. The van der Waals surface area contributed by atoms with E-state index in [4.69, 9.17) is 0 Å². The number of benzene rings is 2. The Labute approximate surface area is 180 Å². The summed E-state index contributed by atoms with van der Waals surface area (Å²) < 4.78 is 2.77. The van der Waals surface area contributed by atoms with Crippen LogP contribution in [0.5, 0.6) is 0 Å². The lowest BCUT2D eigenvalue weighted by Crippen LogP contribution is -2.35. The third-order valence-corrected chi connectivity index (χ3v) is 10.9. The first-order valence-electron chi connectivity index (χ1n) is 10.7. The van der Waals surface area contributed by atoms with E-state index < -0.39 is 7.68 Å². The molecule has 0 saturated heterocycles. The van der Waals surface area contributed by atoms with Crippen LogP contribution in [-0.4, -0.2) is 12.1 Å². The number of hydrogen-bond donors (Lipinski definition) is 0. The number of hydrogen-bond acceptors (Lipinski definition) is 1. The normalized spacial score (nSPS) is 12.9. The molecule has 3 rings (SSSR count). The van der Waals surface area contributed by atoms with Gasteiger partial charge >= 0.3 is 0 Å². The van der Waals surface area contributed by atoms with E-state index in [9.17, 15) is 0 Å². The van der Waals surface area contributed by atoms with Crippen LogP contribution in [0.25, 0.3) is 21.2 Å². The molecule has 0 fully saturated rings. The molecule has 0 aliphatic carbocycles. The Balaban J connectivity index is 2.31. The molecule has 0 bridgehead atoms. The molecule has 3 heteroatoms. The summed E-state index contributed by atoms with van der Waals surface area (Å²) in [5.74, 6) is 0. The molecule has 0 radical (unpaired) electrons. The maximum Gasteiger partial charge on any atom is 0.0112 e. The molecule has 0 saturated carbocycles. The van der Waals surface area contributed by atoms with Crippen LogP contribution in [0, 0.1) is 41.5 Å². The molecule has 0 atom stereocenters. The first kappa shape index (κ1) is 22.4. The van der Waals surface area contributed by atoms with Gasteiger partial charge in [-0.2, -0.15) is 0 Å². The number of aryl methyl sites for hydroxylation is 6. The van der Waals surface area contributed by atoms with E-state index in [0.717, 1.165) is 0 Å². The fourth-order valence-corrected chi connectivity index (χ4v) is 10.6. The van der Waals surface area contributed by atoms with Crippen molar-refractivity contribution in [1.82, 2.24) is 0 Å². The topological polar surface area (TPSA) is 3.24 Å². The van der Waals surface area contributed by atoms with E-state index in [0.29, 0.717) is 12.1 Å². The van der Waals surface area contributed by atoms with E-state index in [2.05, 4.69) is 98.2 Å². The highest BCUT2D eigenvalue weighted by atomic mass is 31.2. The molecule has 1 nitrogen and oxygen atoms in total. The summed E-state index contributed by atoms with van der Waals surface area (Å²) in [6, 6.07) is 10.5. The van der Waals surface area contributed by atoms with E-state index in [1.807, 2.05) is 0 Å². The summed E-state index contributed by atoms with van der Waals surface area (Å²) in [6.45, 7) is 23.0. The van der Waals surface area contributed by atoms with Crippen LogP contribution >= 0.6 is 15.9 Å². The predicted octanol–water partition coefficient (Wildman–Crippen LogP) is 8.91. The number of nitrogens with zero attached hydrogens (tertiary/aromatic N) is 1. The largest absolute Gasteiger partial charge is 0.267 e. The Hall–Kier alpha value is -1.26. The first-order valence-corrected chi connectivity index (χ1v) is 12.9. The van der Waals surface area contributed by atoms with Crippen LogP contribution in [0.15, 0.2) is 24.3 Å². The van der Waals surface area contributed by atoms with Gasteiger partial charge < -0.3 is 0 Å². The van der Waals surface area contributed by atoms with Gasteiger partial charge in [0.25, 0.3) is 0 Å². The van der Waals surface area contributed by atoms with Gasteiger partial charge in [0, 0.05) is 12.1 Å². The van der Waals surface area contributed by atoms with E-state index in [-0.39, 0.29) is 0 Å². The van der Waals surface area contributed by atoms with Crippen molar-refractivity contribution >= 4 is 15.9 Å². The van der Waals surface area contributed by atoms with Crippen LogP contribution in [0.2, 0.25) is 0 Å². The summed E-state index contributed by atoms with van der Waals surface area (Å²) in [4.78, 5) is 0. The second kappa shape index (κ2) is 8.47. The van der Waals surface area contributed by atoms with Crippen LogP contribution in [-0.2, 0) is 0 Å². The molecule has 0 aliphatic heterocycles. The average Bonchev–Trinajstić information content (AvgIpc) is 2.54. The molecular formula is C26H36NP2-. The van der Waals surface area contributed by atoms with Crippen molar-refractivity contribution in [3.63, 3.8) is 0 Å². The predicted molar refractivity (Wildman–Crippen MR) is 135 cm³/mol. The van der Waals surface area contributed by atoms with Gasteiger partial charge in [-0.15, -0.1) is 32.6 Å². The van der Waals surface area contributed by atoms with Crippen LogP contribution < -0.4 is 4.67 Å². The third kappa shape index (κ3) is 4.16. The Morgan fingerprint density at radius 2 is 1.14 bits per heavy atom. The molecule has 0 spiro atoms. The van der Waals surface area contributed by atoms with Gasteiger partial charge in [-0.1, -0.05) is 49.2 Å². The highest BCUT2D eigenvalue weighted by molar-refractivity contribution is 7.79. The fraction of sp³-hybridized carbons (Fsp3) is 0.462. The second-order valence-electron chi connectivity index (χ2n) is 9.19. The summed E-state index contributed by atoms with van der Waals surface area (Å²) in [7, 11) is 0.979. The molecule has 29 heavy (non-hydrogen) atoms. The third-order valence-electron chi connectivity index (χ3n) is 5.70. The molecule has 0 amide bonds. The van der Waals surface area contributed by atoms with Crippen molar-refractivity contribution in [2.45, 2.75) is 81.3 Å². The lowest BCUT2D eigenvalue weighted by atomic mass is 10.0. The van der Waals surface area contributed by atoms with Crippen LogP contribution in [0.4, 0.5) is 0 Å². The fourth-order valence-electron chi connectivity index (χ4n) is 4.92. The maximum absolute atomic E-state index is 2.77. The van der Waals surface area contributed by atoms with Crippen molar-refractivity contribution in [2.75, 3.05) is 4.67 Å². The minimum absolute atomic E-state index is 0.449. The van der Waals surface area contributed by atoms with Gasteiger partial charge in [-0.25, -0.2) is 0 Å². The van der Waals surface area contributed by atoms with E-state index in [1.54, 1.807) is 10.1 Å². The van der Waals surface area contributed by atoms with Crippen molar-refractivity contribution < 1.29 is 0 Å². The Morgan fingerprint density at radius 1 is 0.724 bits per heavy atom. The Bertz CT molecular complexity index is 909. The maximum atomic E-state index is 2.77. The van der Waals surface area contributed by atoms with Gasteiger partial charge in [0.2, 0.25) is 0 Å². The monoisotopic (exact) mass is 424 g/mol. The second-order valence-corrected chi connectivity index (χ2v) is 13.0. The highest BCUT2D eigenvalue weighted by Crippen LogP contribution is 2.66. The minimum Gasteiger partial charge on any atom is -0.267 e. The molecule has 1 heterocycles. The zero-order valence-corrected chi connectivity index (χ0v) is 21.6. The Kier molecular flexibility index (Phi) is 6.55. The van der Waals surface area contributed by atoms with Crippen molar-refractivity contribution in [1.29, 1.82) is 0 Å². The van der Waals surface area contributed by atoms with Crippen LogP contribution in [0.3, 0.4) is 0 Å². The van der Waals surface area contributed by atoms with Gasteiger partial charge in [0.15, 0.2) is 0 Å². The molecule has 0 aliphatic rings. The van der Waals surface area contributed by atoms with Gasteiger partial charge in [0.1, 0.15) is 0 Å². The molecule has 2 aromatic carbocycles. The van der Waals surface area contributed by atoms with Gasteiger partial charge in [-0.05, 0) is 82.1 Å². The quantitative estimate of drug-likeness (QED) is 0.370. The minimum atomic E-state index is -0.449. The highest BCUT2D eigenvalue weighted by Gasteiger charge is 2.25. The van der Waals surface area contributed by atoms with Gasteiger partial charge in [0.05, 0.1) is 0 Å². The Morgan fingerprint density at radius 3 is 1.55 bits per heavy atom. The SMILES string of the molecule is Cc1cc(C)c(-c2p[c-](-c3c(C)cc(C)cc3C)p2N(C(C)C)C(C)C)c(C)c1. The van der Waals surface area contributed by atoms with Crippen molar-refractivity contribution in [3.05, 3.63) is 57.6 Å². The molecule has 0 unspecified atom stereocenters. The number of rotatable bonds is 5. The lowest BCUT2D eigenvalue weighted by Gasteiger charge is -2.41. The van der Waals surface area contributed by atoms with E-state index in [1.165, 1.54) is 52.7 Å². The zero-order chi connectivity index (χ0) is 21.6. The average molecular weight is 425 g/mol. The van der Waals surface area contributed by atoms with E-state index >= 15 is 0 Å². The van der Waals surface area contributed by atoms with Crippen molar-refractivity contribution in [3.8, 4) is 21.2 Å². The summed E-state index contributed by atoms with van der Waals surface area (Å²) in [5.41, 5.74) is 11.5. The standard InChI is InChI=1S/C26H36NP2/c1-15(2)27(16(3)4)29-25(23-19(7)11-17(5)12-20(23)8)28-26(29)24-21(9)13-18(6)14-22(24)10/h11-16H,1-10H3/q-1. The summed E-state index contributed by atoms with van der Waals surface area (Å²) in [6.07, 6.45) is 0. The molecule has 3 aromatic rings. The summed E-state index contributed by atoms with van der Waals surface area (Å²) in [5, 5.41) is 3.29. The first-order chi connectivity index (χ1) is 13.5. The smallest absolute Gasteiger partial charge is 0.0112 e. The lowest BCUT2D eigenvalue weighted by molar-refractivity contribution is 0.651. The van der Waals surface area contributed by atoms with Crippen LogP contribution in [0.1, 0.15) is 61.1 Å². The molecule has 156 valence electrons. The van der Waals surface area contributed by atoms with Gasteiger partial charge in [-0.3, -0.25) is 4.67 Å². The van der Waals surface area contributed by atoms with Crippen molar-refractivity contribution in [2.24, 2.45) is 0 Å². The molecule has 1 aromatic heterocycles. The zero-order valence-electron chi connectivity index (χ0n) is 19.8. The molecule has 0 N–H and O–H groups in total. The summed E-state index contributed by atoms with van der Waals surface area (Å²) >= 11 is 0.